The van der Waals surface area contributed by atoms with Gasteiger partial charge in [0.2, 0.25) is 0 Å². The molecule has 1 N–H and O–H groups in total. The van der Waals surface area contributed by atoms with Crippen molar-refractivity contribution in [2.45, 2.75) is 52.1 Å². The zero-order valence-corrected chi connectivity index (χ0v) is 14.7. The summed E-state index contributed by atoms with van der Waals surface area (Å²) in [6.45, 7) is 8.92. The van der Waals surface area contributed by atoms with E-state index in [1.807, 2.05) is 20.8 Å². The Morgan fingerprint density at radius 1 is 1.38 bits per heavy atom. The van der Waals surface area contributed by atoms with Crippen LogP contribution in [-0.2, 0) is 14.9 Å². The number of hydrogen-bond donors (Lipinski definition) is 1. The Kier molecular flexibility index (Phi) is 8.12. The molecule has 1 aliphatic rings. The van der Waals surface area contributed by atoms with Crippen molar-refractivity contribution in [2.24, 2.45) is 0 Å². The summed E-state index contributed by atoms with van der Waals surface area (Å²) < 4.78 is 34.3. The van der Waals surface area contributed by atoms with Gasteiger partial charge in [-0.25, -0.2) is 0 Å². The van der Waals surface area contributed by atoms with Crippen molar-refractivity contribution >= 4 is 10.2 Å². The zero-order valence-electron chi connectivity index (χ0n) is 13.8. The second kappa shape index (κ2) is 9.05. The molecule has 1 rings (SSSR count). The summed E-state index contributed by atoms with van der Waals surface area (Å²) in [7, 11) is -1.83. The Labute approximate surface area is 130 Å². The molecule has 0 radical (unpaired) electrons. The highest BCUT2D eigenvalue weighted by atomic mass is 32.2. The SMILES string of the molecule is CCNCC1CCCCN1S(=O)(=O)N(CC)C(C)COC. The lowest BCUT2D eigenvalue weighted by Crippen LogP contribution is -2.55. The molecule has 0 saturated carbocycles. The Hall–Kier alpha value is -0.210. The number of piperidine rings is 1. The third-order valence-electron chi connectivity index (χ3n) is 4.01. The van der Waals surface area contributed by atoms with E-state index in [9.17, 15) is 8.42 Å². The van der Waals surface area contributed by atoms with Crippen LogP contribution >= 0.6 is 0 Å². The Balaban J connectivity index is 2.89. The molecule has 1 aliphatic heterocycles. The van der Waals surface area contributed by atoms with Crippen LogP contribution in [-0.4, -0.2) is 69.0 Å². The summed E-state index contributed by atoms with van der Waals surface area (Å²) in [5.74, 6) is 0. The average molecular weight is 321 g/mol. The van der Waals surface area contributed by atoms with E-state index >= 15 is 0 Å². The number of hydrogen-bond acceptors (Lipinski definition) is 4. The summed E-state index contributed by atoms with van der Waals surface area (Å²) in [6, 6.07) is -0.0841. The summed E-state index contributed by atoms with van der Waals surface area (Å²) in [5, 5.41) is 3.28. The second-order valence-corrected chi connectivity index (χ2v) is 7.42. The molecule has 126 valence electrons. The number of ether oxygens (including phenoxy) is 1. The van der Waals surface area contributed by atoms with Crippen molar-refractivity contribution in [2.75, 3.05) is 39.9 Å². The first kappa shape index (κ1) is 18.8. The van der Waals surface area contributed by atoms with E-state index in [2.05, 4.69) is 5.32 Å². The van der Waals surface area contributed by atoms with E-state index < -0.39 is 10.2 Å². The maximum absolute atomic E-state index is 13.0. The molecule has 0 aromatic rings. The van der Waals surface area contributed by atoms with Crippen LogP contribution in [0.4, 0.5) is 0 Å². The molecular weight excluding hydrogens is 290 g/mol. The normalized spacial score (nSPS) is 22.6. The molecule has 0 spiro atoms. The van der Waals surface area contributed by atoms with Crippen molar-refractivity contribution in [3.8, 4) is 0 Å². The van der Waals surface area contributed by atoms with Gasteiger partial charge in [0, 0.05) is 38.8 Å². The lowest BCUT2D eigenvalue weighted by molar-refractivity contribution is 0.134. The third-order valence-corrected chi connectivity index (χ3v) is 6.29. The quantitative estimate of drug-likeness (QED) is 0.689. The minimum absolute atomic E-state index is 0.0625. The van der Waals surface area contributed by atoms with Gasteiger partial charge in [-0.3, -0.25) is 0 Å². The molecule has 0 aromatic heterocycles. The van der Waals surface area contributed by atoms with Gasteiger partial charge in [0.15, 0.2) is 0 Å². The van der Waals surface area contributed by atoms with Crippen molar-refractivity contribution in [1.82, 2.24) is 13.9 Å². The first-order chi connectivity index (χ1) is 9.98. The highest BCUT2D eigenvalue weighted by Gasteiger charge is 2.37. The molecule has 1 heterocycles. The third kappa shape index (κ3) is 4.89. The van der Waals surface area contributed by atoms with Crippen molar-refractivity contribution in [3.63, 3.8) is 0 Å². The standard InChI is InChI=1S/C14H31N3O3S/c1-5-15-11-14-9-7-8-10-17(14)21(18,19)16(6-2)13(3)12-20-4/h13-15H,5-12H2,1-4H3. The van der Waals surface area contributed by atoms with Crippen LogP contribution in [0.1, 0.15) is 40.0 Å². The van der Waals surface area contributed by atoms with Crippen LogP contribution in [0.25, 0.3) is 0 Å². The lowest BCUT2D eigenvalue weighted by Gasteiger charge is -2.39. The van der Waals surface area contributed by atoms with Crippen LogP contribution in [0.15, 0.2) is 0 Å². The van der Waals surface area contributed by atoms with Crippen molar-refractivity contribution in [1.29, 1.82) is 0 Å². The van der Waals surface area contributed by atoms with Gasteiger partial charge in [0.05, 0.1) is 6.61 Å². The lowest BCUT2D eigenvalue weighted by atomic mass is 10.1. The maximum Gasteiger partial charge on any atom is 0.282 e. The molecule has 0 aliphatic carbocycles. The molecule has 6 nitrogen and oxygen atoms in total. The van der Waals surface area contributed by atoms with Gasteiger partial charge in [-0.2, -0.15) is 17.0 Å². The average Bonchev–Trinajstić information content (AvgIpc) is 2.46. The Morgan fingerprint density at radius 2 is 2.10 bits per heavy atom. The Morgan fingerprint density at radius 3 is 2.67 bits per heavy atom. The minimum atomic E-state index is -3.43. The molecule has 1 saturated heterocycles. The molecule has 1 fully saturated rings. The van der Waals surface area contributed by atoms with E-state index in [0.29, 0.717) is 19.7 Å². The van der Waals surface area contributed by atoms with E-state index in [0.717, 1.165) is 32.4 Å². The van der Waals surface area contributed by atoms with Gasteiger partial charge >= 0.3 is 0 Å². The van der Waals surface area contributed by atoms with Crippen molar-refractivity contribution < 1.29 is 13.2 Å². The first-order valence-corrected chi connectivity index (χ1v) is 9.36. The predicted molar refractivity (Wildman–Crippen MR) is 85.5 cm³/mol. The highest BCUT2D eigenvalue weighted by molar-refractivity contribution is 7.86. The largest absolute Gasteiger partial charge is 0.383 e. The van der Waals surface area contributed by atoms with Crippen LogP contribution in [0, 0.1) is 0 Å². The van der Waals surface area contributed by atoms with Gasteiger partial charge in [-0.1, -0.05) is 20.3 Å². The van der Waals surface area contributed by atoms with Crippen LogP contribution < -0.4 is 5.32 Å². The number of nitrogens with zero attached hydrogens (tertiary/aromatic N) is 2. The smallest absolute Gasteiger partial charge is 0.282 e. The van der Waals surface area contributed by atoms with E-state index in [1.54, 1.807) is 15.7 Å². The van der Waals surface area contributed by atoms with E-state index in [1.165, 1.54) is 0 Å². The fraction of sp³-hybridized carbons (Fsp3) is 1.00. The molecule has 2 atom stereocenters. The summed E-state index contributed by atoms with van der Waals surface area (Å²) in [6.07, 6.45) is 2.97. The van der Waals surface area contributed by atoms with Crippen LogP contribution in [0.3, 0.4) is 0 Å². The molecular formula is C14H31N3O3S. The van der Waals surface area contributed by atoms with Gasteiger partial charge in [0.1, 0.15) is 0 Å². The number of likely N-dealkylation sites (N-methyl/N-ethyl adjacent to an activating group) is 2. The first-order valence-electron chi connectivity index (χ1n) is 7.97. The summed E-state index contributed by atoms with van der Waals surface area (Å²) in [5.41, 5.74) is 0. The summed E-state index contributed by atoms with van der Waals surface area (Å²) >= 11 is 0. The van der Waals surface area contributed by atoms with Gasteiger partial charge in [-0.15, -0.1) is 0 Å². The van der Waals surface area contributed by atoms with Gasteiger partial charge < -0.3 is 10.1 Å². The molecule has 2 unspecified atom stereocenters. The number of nitrogens with one attached hydrogen (secondary N) is 1. The van der Waals surface area contributed by atoms with E-state index in [-0.39, 0.29) is 12.1 Å². The maximum atomic E-state index is 13.0. The van der Waals surface area contributed by atoms with E-state index in [4.69, 9.17) is 4.74 Å². The molecule has 0 aromatic carbocycles. The fourth-order valence-corrected chi connectivity index (χ4v) is 4.98. The number of methoxy groups -OCH3 is 1. The predicted octanol–water partition coefficient (Wildman–Crippen LogP) is 1.05. The van der Waals surface area contributed by atoms with Crippen molar-refractivity contribution in [3.05, 3.63) is 0 Å². The number of rotatable bonds is 9. The zero-order chi connectivity index (χ0) is 15.9. The van der Waals surface area contributed by atoms with Crippen LogP contribution in [0.5, 0.6) is 0 Å². The fourth-order valence-electron chi connectivity index (χ4n) is 2.95. The highest BCUT2D eigenvalue weighted by Crippen LogP contribution is 2.23. The molecule has 7 heteroatoms. The second-order valence-electron chi connectivity index (χ2n) is 5.58. The monoisotopic (exact) mass is 321 g/mol. The van der Waals surface area contributed by atoms with Gasteiger partial charge in [-0.05, 0) is 26.3 Å². The molecule has 0 bridgehead atoms. The summed E-state index contributed by atoms with van der Waals surface area (Å²) in [4.78, 5) is 0. The molecule has 21 heavy (non-hydrogen) atoms. The topological polar surface area (TPSA) is 61.9 Å². The van der Waals surface area contributed by atoms with Crippen LogP contribution in [0.2, 0.25) is 0 Å². The Bertz CT molecular complexity index is 389. The minimum Gasteiger partial charge on any atom is -0.383 e. The molecule has 0 amide bonds. The van der Waals surface area contributed by atoms with Gasteiger partial charge in [0.25, 0.3) is 10.2 Å².